The second-order valence-electron chi connectivity index (χ2n) is 7.18. The van der Waals surface area contributed by atoms with E-state index in [1.54, 1.807) is 4.79 Å². The van der Waals surface area contributed by atoms with E-state index in [1.165, 1.54) is 11.1 Å². The van der Waals surface area contributed by atoms with Crippen molar-refractivity contribution >= 4 is 5.91 Å². The molecular formula is C22H24N4O. The summed E-state index contributed by atoms with van der Waals surface area (Å²) in [5, 5.41) is 4.35. The maximum absolute atomic E-state index is 12.4. The van der Waals surface area contributed by atoms with Crippen molar-refractivity contribution in [2.24, 2.45) is 0 Å². The molecule has 0 atom stereocenters. The van der Waals surface area contributed by atoms with Crippen molar-refractivity contribution in [3.8, 4) is 0 Å². The molecule has 0 radical (unpaired) electrons. The molecule has 0 aliphatic carbocycles. The summed E-state index contributed by atoms with van der Waals surface area (Å²) in [4.78, 5) is 16.4. The highest BCUT2D eigenvalue weighted by Gasteiger charge is 2.24. The molecule has 0 bridgehead atoms. The molecule has 0 saturated carbocycles. The van der Waals surface area contributed by atoms with E-state index >= 15 is 0 Å². The normalized spacial score (nSPS) is 13.5. The van der Waals surface area contributed by atoms with Crippen molar-refractivity contribution in [1.82, 2.24) is 14.8 Å². The van der Waals surface area contributed by atoms with Crippen LogP contribution in [0.2, 0.25) is 0 Å². The molecule has 27 heavy (non-hydrogen) atoms. The van der Waals surface area contributed by atoms with Crippen molar-refractivity contribution in [3.05, 3.63) is 88.7 Å². The molecule has 2 heterocycles. The summed E-state index contributed by atoms with van der Waals surface area (Å²) < 4.78 is 0. The highest BCUT2D eigenvalue weighted by atomic mass is 16.2. The molecule has 1 amide bonds. The fourth-order valence-electron chi connectivity index (χ4n) is 3.57. The van der Waals surface area contributed by atoms with Gasteiger partial charge in [-0.25, -0.2) is 5.43 Å². The number of rotatable bonds is 6. The Hall–Kier alpha value is -2.92. The van der Waals surface area contributed by atoms with Gasteiger partial charge in [-0.1, -0.05) is 60.2 Å². The second kappa shape index (κ2) is 7.76. The smallest absolute Gasteiger partial charge is 0.244 e. The second-order valence-corrected chi connectivity index (χ2v) is 7.18. The van der Waals surface area contributed by atoms with Gasteiger partial charge in [-0.15, -0.1) is 0 Å². The number of hydrogen-bond donors (Lipinski definition) is 1. The fraction of sp³-hybridized carbons (Fsp3) is 0.273. The van der Waals surface area contributed by atoms with Gasteiger partial charge in [0.1, 0.15) is 0 Å². The predicted molar refractivity (Wildman–Crippen MR) is 106 cm³/mol. The van der Waals surface area contributed by atoms with E-state index in [1.807, 2.05) is 43.5 Å². The fourth-order valence-corrected chi connectivity index (χ4v) is 3.57. The zero-order valence-corrected chi connectivity index (χ0v) is 15.6. The molecule has 0 spiro atoms. The SMILES string of the molecule is Cc1cccc(CC(=O)Nn2ncc3c2CN(CCc2ccccc2)C3)c1. The lowest BCUT2D eigenvalue weighted by molar-refractivity contribution is -0.116. The number of aryl methyl sites for hydroxylation is 1. The highest BCUT2D eigenvalue weighted by molar-refractivity contribution is 5.85. The van der Waals surface area contributed by atoms with Gasteiger partial charge in [0.05, 0.1) is 18.3 Å². The van der Waals surface area contributed by atoms with Gasteiger partial charge in [-0.05, 0) is 24.5 Å². The van der Waals surface area contributed by atoms with Crippen LogP contribution < -0.4 is 5.43 Å². The van der Waals surface area contributed by atoms with E-state index in [4.69, 9.17) is 0 Å². The number of nitrogens with one attached hydrogen (secondary N) is 1. The monoisotopic (exact) mass is 360 g/mol. The van der Waals surface area contributed by atoms with E-state index in [0.717, 1.165) is 42.9 Å². The Morgan fingerprint density at radius 2 is 1.89 bits per heavy atom. The average Bonchev–Trinajstić information content (AvgIpc) is 3.22. The number of benzene rings is 2. The molecule has 1 N–H and O–H groups in total. The molecule has 1 aliphatic heterocycles. The molecule has 2 aromatic carbocycles. The number of nitrogens with zero attached hydrogens (tertiary/aromatic N) is 3. The molecule has 138 valence electrons. The molecule has 5 nitrogen and oxygen atoms in total. The first-order chi connectivity index (χ1) is 13.2. The number of carbonyl (C=O) groups excluding carboxylic acids is 1. The van der Waals surface area contributed by atoms with Gasteiger partial charge < -0.3 is 0 Å². The van der Waals surface area contributed by atoms with Crippen LogP contribution in [0.25, 0.3) is 0 Å². The third kappa shape index (κ3) is 4.26. The van der Waals surface area contributed by atoms with E-state index in [0.29, 0.717) is 6.42 Å². The van der Waals surface area contributed by atoms with Crippen molar-refractivity contribution in [2.75, 3.05) is 12.0 Å². The van der Waals surface area contributed by atoms with Crippen molar-refractivity contribution < 1.29 is 4.79 Å². The molecule has 4 rings (SSSR count). The first kappa shape index (κ1) is 17.5. The standard InChI is InChI=1S/C22H24N4O/c1-17-6-5-9-19(12-17)13-22(27)24-26-21-16-25(15-20(21)14-23-26)11-10-18-7-3-2-4-8-18/h2-9,12,14H,10-11,13,15-16H2,1H3,(H,24,27). The number of hydrogen-bond acceptors (Lipinski definition) is 3. The maximum Gasteiger partial charge on any atom is 0.244 e. The lowest BCUT2D eigenvalue weighted by Gasteiger charge is -2.15. The minimum absolute atomic E-state index is 0.0470. The van der Waals surface area contributed by atoms with Gasteiger partial charge in [0.15, 0.2) is 0 Å². The molecule has 0 saturated heterocycles. The average molecular weight is 360 g/mol. The summed E-state index contributed by atoms with van der Waals surface area (Å²) in [5.74, 6) is -0.0470. The number of aromatic nitrogens is 2. The largest absolute Gasteiger partial charge is 0.293 e. The summed E-state index contributed by atoms with van der Waals surface area (Å²) in [5.41, 5.74) is 8.73. The minimum atomic E-state index is -0.0470. The van der Waals surface area contributed by atoms with Crippen LogP contribution in [0.3, 0.4) is 0 Å². The van der Waals surface area contributed by atoms with Crippen LogP contribution in [-0.4, -0.2) is 27.2 Å². The number of carbonyl (C=O) groups is 1. The van der Waals surface area contributed by atoms with Gasteiger partial charge in [0.25, 0.3) is 0 Å². The van der Waals surface area contributed by atoms with Crippen LogP contribution in [0.5, 0.6) is 0 Å². The highest BCUT2D eigenvalue weighted by Crippen LogP contribution is 2.22. The van der Waals surface area contributed by atoms with Gasteiger partial charge in [-0.3, -0.25) is 9.69 Å². The van der Waals surface area contributed by atoms with Gasteiger partial charge in [0.2, 0.25) is 5.91 Å². The third-order valence-electron chi connectivity index (χ3n) is 4.96. The van der Waals surface area contributed by atoms with Crippen LogP contribution in [0.4, 0.5) is 0 Å². The molecule has 0 fully saturated rings. The Balaban J connectivity index is 1.34. The zero-order valence-electron chi connectivity index (χ0n) is 15.6. The van der Waals surface area contributed by atoms with E-state index in [9.17, 15) is 4.79 Å². The van der Waals surface area contributed by atoms with Gasteiger partial charge in [-0.2, -0.15) is 9.89 Å². The lowest BCUT2D eigenvalue weighted by atomic mass is 10.1. The Bertz CT molecular complexity index is 932. The van der Waals surface area contributed by atoms with Crippen LogP contribution in [0.1, 0.15) is 27.9 Å². The Labute approximate surface area is 159 Å². The van der Waals surface area contributed by atoms with E-state index in [-0.39, 0.29) is 5.91 Å². The summed E-state index contributed by atoms with van der Waals surface area (Å²) >= 11 is 0. The quantitative estimate of drug-likeness (QED) is 0.735. The molecule has 1 aromatic heterocycles. The minimum Gasteiger partial charge on any atom is -0.293 e. The number of fused-ring (bicyclic) bond motifs is 1. The number of amides is 1. The van der Waals surface area contributed by atoms with E-state index < -0.39 is 0 Å². The molecular weight excluding hydrogens is 336 g/mol. The van der Waals surface area contributed by atoms with E-state index in [2.05, 4.69) is 39.7 Å². The van der Waals surface area contributed by atoms with Crippen LogP contribution in [0.15, 0.2) is 60.8 Å². The lowest BCUT2D eigenvalue weighted by Crippen LogP contribution is -2.28. The van der Waals surface area contributed by atoms with Crippen molar-refractivity contribution in [3.63, 3.8) is 0 Å². The molecule has 0 unspecified atom stereocenters. The Morgan fingerprint density at radius 3 is 2.70 bits per heavy atom. The van der Waals surface area contributed by atoms with Gasteiger partial charge in [0, 0.05) is 25.2 Å². The third-order valence-corrected chi connectivity index (χ3v) is 4.96. The van der Waals surface area contributed by atoms with Crippen molar-refractivity contribution in [2.45, 2.75) is 32.9 Å². The Morgan fingerprint density at radius 1 is 1.07 bits per heavy atom. The first-order valence-electron chi connectivity index (χ1n) is 9.35. The molecule has 3 aromatic rings. The summed E-state index contributed by atoms with van der Waals surface area (Å²) in [6.45, 7) is 4.73. The molecule has 5 heteroatoms. The van der Waals surface area contributed by atoms with Crippen LogP contribution in [0, 0.1) is 6.92 Å². The predicted octanol–water partition coefficient (Wildman–Crippen LogP) is 3.06. The maximum atomic E-state index is 12.4. The van der Waals surface area contributed by atoms with Gasteiger partial charge >= 0.3 is 0 Å². The van der Waals surface area contributed by atoms with Crippen LogP contribution in [-0.2, 0) is 30.7 Å². The first-order valence-corrected chi connectivity index (χ1v) is 9.35. The topological polar surface area (TPSA) is 50.2 Å². The Kier molecular flexibility index (Phi) is 5.03. The summed E-state index contributed by atoms with van der Waals surface area (Å²) in [6.07, 6.45) is 3.25. The summed E-state index contributed by atoms with van der Waals surface area (Å²) in [6, 6.07) is 18.6. The molecule has 1 aliphatic rings. The zero-order chi connectivity index (χ0) is 18.6. The summed E-state index contributed by atoms with van der Waals surface area (Å²) in [7, 11) is 0. The van der Waals surface area contributed by atoms with Crippen LogP contribution >= 0.6 is 0 Å². The van der Waals surface area contributed by atoms with Crippen molar-refractivity contribution in [1.29, 1.82) is 0 Å².